The van der Waals surface area contributed by atoms with Gasteiger partial charge in [0.1, 0.15) is 0 Å². The van der Waals surface area contributed by atoms with Crippen molar-refractivity contribution in [2.24, 2.45) is 17.6 Å². The van der Waals surface area contributed by atoms with Gasteiger partial charge in [-0.2, -0.15) is 0 Å². The van der Waals surface area contributed by atoms with Crippen LogP contribution in [-0.2, 0) is 0 Å². The lowest BCUT2D eigenvalue weighted by Crippen LogP contribution is -2.26. The van der Waals surface area contributed by atoms with Crippen molar-refractivity contribution in [2.75, 3.05) is 0 Å². The number of hydrogen-bond acceptors (Lipinski definition) is 1. The van der Waals surface area contributed by atoms with Gasteiger partial charge in [-0.1, -0.05) is 39.0 Å². The molecule has 1 aliphatic carbocycles. The minimum atomic E-state index is 0.417. The van der Waals surface area contributed by atoms with Crippen LogP contribution >= 0.6 is 0 Å². The Morgan fingerprint density at radius 3 is 2.62 bits per heavy atom. The molecule has 0 aliphatic heterocycles. The highest BCUT2D eigenvalue weighted by Crippen LogP contribution is 2.30. The normalized spacial score (nSPS) is 32.5. The first-order valence-electron chi connectivity index (χ1n) is 5.99. The van der Waals surface area contributed by atoms with E-state index in [1.165, 1.54) is 44.9 Å². The second kappa shape index (κ2) is 5.64. The van der Waals surface area contributed by atoms with Gasteiger partial charge in [-0.25, -0.2) is 0 Å². The maximum atomic E-state index is 5.96. The third kappa shape index (κ3) is 3.68. The van der Waals surface area contributed by atoms with Crippen LogP contribution in [-0.4, -0.2) is 6.04 Å². The van der Waals surface area contributed by atoms with Crippen molar-refractivity contribution in [3.63, 3.8) is 0 Å². The first-order valence-corrected chi connectivity index (χ1v) is 5.99. The summed E-state index contributed by atoms with van der Waals surface area (Å²) in [6.45, 7) is 4.47. The first-order chi connectivity index (χ1) is 6.24. The van der Waals surface area contributed by atoms with Crippen LogP contribution in [0.3, 0.4) is 0 Å². The molecule has 0 amide bonds. The Balaban J connectivity index is 2.30. The van der Waals surface area contributed by atoms with Crippen LogP contribution < -0.4 is 5.73 Å². The minimum absolute atomic E-state index is 0.417. The van der Waals surface area contributed by atoms with E-state index in [-0.39, 0.29) is 0 Å². The summed E-state index contributed by atoms with van der Waals surface area (Å²) < 4.78 is 0. The van der Waals surface area contributed by atoms with Crippen molar-refractivity contribution in [1.29, 1.82) is 0 Å². The van der Waals surface area contributed by atoms with E-state index in [4.69, 9.17) is 5.73 Å². The summed E-state index contributed by atoms with van der Waals surface area (Å²) in [6.07, 6.45) is 9.84. The molecule has 1 rings (SSSR count). The lowest BCUT2D eigenvalue weighted by Gasteiger charge is -2.18. The van der Waals surface area contributed by atoms with Gasteiger partial charge in [-0.05, 0) is 31.6 Å². The van der Waals surface area contributed by atoms with Gasteiger partial charge in [0.25, 0.3) is 0 Å². The Labute approximate surface area is 83.1 Å². The summed E-state index contributed by atoms with van der Waals surface area (Å²) >= 11 is 0. The van der Waals surface area contributed by atoms with Gasteiger partial charge in [0.05, 0.1) is 0 Å². The smallest absolute Gasteiger partial charge is 0.00387 e. The second-order valence-corrected chi connectivity index (χ2v) is 4.78. The monoisotopic (exact) mass is 183 g/mol. The van der Waals surface area contributed by atoms with Crippen molar-refractivity contribution in [2.45, 2.75) is 64.8 Å². The van der Waals surface area contributed by atoms with E-state index >= 15 is 0 Å². The fourth-order valence-electron chi connectivity index (χ4n) is 2.63. The highest BCUT2D eigenvalue weighted by molar-refractivity contribution is 4.75. The molecule has 1 fully saturated rings. The highest BCUT2D eigenvalue weighted by atomic mass is 14.6. The Kier molecular flexibility index (Phi) is 4.79. The predicted octanol–water partition coefficient (Wildman–Crippen LogP) is 3.33. The summed E-state index contributed by atoms with van der Waals surface area (Å²) in [5, 5.41) is 0. The van der Waals surface area contributed by atoms with Crippen LogP contribution in [0.25, 0.3) is 0 Å². The Hall–Kier alpha value is -0.0400. The predicted molar refractivity (Wildman–Crippen MR) is 58.6 cm³/mol. The molecular weight excluding hydrogens is 158 g/mol. The van der Waals surface area contributed by atoms with Gasteiger partial charge >= 0.3 is 0 Å². The van der Waals surface area contributed by atoms with Crippen LogP contribution in [0.1, 0.15) is 58.8 Å². The molecule has 2 N–H and O–H groups in total. The number of rotatable bonds is 3. The van der Waals surface area contributed by atoms with E-state index in [1.54, 1.807) is 0 Å². The van der Waals surface area contributed by atoms with Gasteiger partial charge < -0.3 is 5.73 Å². The quantitative estimate of drug-likeness (QED) is 0.667. The largest absolute Gasteiger partial charge is 0.328 e. The fourth-order valence-corrected chi connectivity index (χ4v) is 2.63. The Morgan fingerprint density at radius 2 is 2.00 bits per heavy atom. The number of hydrogen-bond donors (Lipinski definition) is 1. The van der Waals surface area contributed by atoms with Crippen LogP contribution in [0.4, 0.5) is 0 Å². The van der Waals surface area contributed by atoms with E-state index < -0.39 is 0 Å². The van der Waals surface area contributed by atoms with Crippen LogP contribution in [0.15, 0.2) is 0 Å². The SMILES string of the molecule is CCCC1CCCC(C(C)N)CC1. The van der Waals surface area contributed by atoms with Crippen LogP contribution in [0.5, 0.6) is 0 Å². The molecule has 78 valence electrons. The van der Waals surface area contributed by atoms with Crippen molar-refractivity contribution in [3.8, 4) is 0 Å². The molecule has 0 saturated heterocycles. The van der Waals surface area contributed by atoms with E-state index in [0.29, 0.717) is 6.04 Å². The van der Waals surface area contributed by atoms with E-state index in [1.807, 2.05) is 0 Å². The molecule has 1 aliphatic rings. The molecule has 0 bridgehead atoms. The topological polar surface area (TPSA) is 26.0 Å². The van der Waals surface area contributed by atoms with Gasteiger partial charge in [-0.3, -0.25) is 0 Å². The Bertz CT molecular complexity index is 131. The van der Waals surface area contributed by atoms with E-state index in [2.05, 4.69) is 13.8 Å². The molecule has 0 radical (unpaired) electrons. The van der Waals surface area contributed by atoms with E-state index in [9.17, 15) is 0 Å². The molecule has 0 aromatic rings. The van der Waals surface area contributed by atoms with Crippen molar-refractivity contribution >= 4 is 0 Å². The van der Waals surface area contributed by atoms with Crippen LogP contribution in [0.2, 0.25) is 0 Å². The maximum Gasteiger partial charge on any atom is 0.00387 e. The maximum absolute atomic E-state index is 5.96. The molecule has 0 aromatic heterocycles. The molecule has 0 heterocycles. The molecule has 1 heteroatoms. The van der Waals surface area contributed by atoms with Crippen molar-refractivity contribution < 1.29 is 0 Å². The molecule has 3 atom stereocenters. The van der Waals surface area contributed by atoms with Gasteiger partial charge in [0.2, 0.25) is 0 Å². The van der Waals surface area contributed by atoms with Gasteiger partial charge in [-0.15, -0.1) is 0 Å². The van der Waals surface area contributed by atoms with Crippen LogP contribution in [0, 0.1) is 11.8 Å². The average molecular weight is 183 g/mol. The van der Waals surface area contributed by atoms with Gasteiger partial charge in [0, 0.05) is 6.04 Å². The molecule has 0 spiro atoms. The lowest BCUT2D eigenvalue weighted by molar-refractivity contribution is 0.375. The highest BCUT2D eigenvalue weighted by Gasteiger charge is 2.20. The third-order valence-electron chi connectivity index (χ3n) is 3.57. The summed E-state index contributed by atoms with van der Waals surface area (Å²) in [5.74, 6) is 1.82. The standard InChI is InChI=1S/C12H25N/c1-3-5-11-6-4-7-12(9-8-11)10(2)13/h10-12H,3-9,13H2,1-2H3. The fraction of sp³-hybridized carbons (Fsp3) is 1.00. The average Bonchev–Trinajstić information content (AvgIpc) is 2.30. The molecule has 0 aromatic carbocycles. The Morgan fingerprint density at radius 1 is 1.23 bits per heavy atom. The van der Waals surface area contributed by atoms with Gasteiger partial charge in [0.15, 0.2) is 0 Å². The molecule has 13 heavy (non-hydrogen) atoms. The zero-order valence-electron chi connectivity index (χ0n) is 9.26. The molecule has 1 saturated carbocycles. The first kappa shape index (κ1) is 11.0. The second-order valence-electron chi connectivity index (χ2n) is 4.78. The van der Waals surface area contributed by atoms with Crippen molar-refractivity contribution in [3.05, 3.63) is 0 Å². The minimum Gasteiger partial charge on any atom is -0.328 e. The molecule has 3 unspecified atom stereocenters. The summed E-state index contributed by atoms with van der Waals surface area (Å²) in [4.78, 5) is 0. The molecular formula is C12H25N. The lowest BCUT2D eigenvalue weighted by atomic mass is 9.92. The third-order valence-corrected chi connectivity index (χ3v) is 3.57. The molecule has 1 nitrogen and oxygen atoms in total. The summed E-state index contributed by atoms with van der Waals surface area (Å²) in [7, 11) is 0. The summed E-state index contributed by atoms with van der Waals surface area (Å²) in [5.41, 5.74) is 5.96. The summed E-state index contributed by atoms with van der Waals surface area (Å²) in [6, 6.07) is 0.417. The zero-order chi connectivity index (χ0) is 9.68. The zero-order valence-corrected chi connectivity index (χ0v) is 9.26. The van der Waals surface area contributed by atoms with Crippen molar-refractivity contribution in [1.82, 2.24) is 0 Å². The van der Waals surface area contributed by atoms with E-state index in [0.717, 1.165) is 11.8 Å². The number of nitrogens with two attached hydrogens (primary N) is 1.